The van der Waals surface area contributed by atoms with Crippen LogP contribution in [0.3, 0.4) is 0 Å². The van der Waals surface area contributed by atoms with E-state index < -0.39 is 0 Å². The average molecular weight is 426 g/mol. The van der Waals surface area contributed by atoms with Crippen molar-refractivity contribution < 1.29 is 19.4 Å². The summed E-state index contributed by atoms with van der Waals surface area (Å²) in [6.07, 6.45) is 1.32. The van der Waals surface area contributed by atoms with Gasteiger partial charge in [0.1, 0.15) is 11.5 Å². The largest absolute Gasteiger partial charge is 0.478 e. The lowest BCUT2D eigenvalue weighted by Crippen LogP contribution is -2.48. The van der Waals surface area contributed by atoms with Gasteiger partial charge in [-0.05, 0) is 31.5 Å². The summed E-state index contributed by atoms with van der Waals surface area (Å²) in [6.45, 7) is 4.27. The Morgan fingerprint density at radius 3 is 2.94 bits per heavy atom. The fourth-order valence-electron chi connectivity index (χ4n) is 3.82. The van der Waals surface area contributed by atoms with Gasteiger partial charge in [-0.3, -0.25) is 15.0 Å². The highest BCUT2D eigenvalue weighted by molar-refractivity contribution is 6.05. The molecule has 2 aliphatic heterocycles. The van der Waals surface area contributed by atoms with E-state index in [0.717, 1.165) is 25.2 Å². The molecule has 1 saturated heterocycles. The number of amides is 3. The zero-order valence-electron chi connectivity index (χ0n) is 17.4. The van der Waals surface area contributed by atoms with Crippen LogP contribution in [0.4, 0.5) is 22.1 Å². The molecule has 2 aliphatic rings. The maximum absolute atomic E-state index is 13.2. The average Bonchev–Trinajstić information content (AvgIpc) is 3.18. The molecule has 4 rings (SSSR count). The van der Waals surface area contributed by atoms with Gasteiger partial charge in [0, 0.05) is 38.7 Å². The Balaban J connectivity index is 1.57. The minimum atomic E-state index is -0.353. The molecular formula is C21H26N6O4. The van der Waals surface area contributed by atoms with Crippen molar-refractivity contribution >= 4 is 29.3 Å². The van der Waals surface area contributed by atoms with E-state index in [0.29, 0.717) is 37.1 Å². The van der Waals surface area contributed by atoms with Crippen molar-refractivity contribution in [2.75, 3.05) is 48.0 Å². The number of hydrogen-bond acceptors (Lipinski definition) is 7. The summed E-state index contributed by atoms with van der Waals surface area (Å²) in [5.41, 5.74) is 1.12. The second-order valence-corrected chi connectivity index (χ2v) is 7.37. The highest BCUT2D eigenvalue weighted by Crippen LogP contribution is 2.39. The van der Waals surface area contributed by atoms with E-state index in [1.807, 2.05) is 13.0 Å². The number of urea groups is 1. The maximum Gasteiger partial charge on any atom is 0.329 e. The zero-order chi connectivity index (χ0) is 21.8. The Kier molecular flexibility index (Phi) is 6.17. The molecule has 2 bridgehead atoms. The number of pyridine rings is 2. The van der Waals surface area contributed by atoms with Crippen LogP contribution in [0.25, 0.3) is 0 Å². The predicted octanol–water partition coefficient (Wildman–Crippen LogP) is 1.62. The van der Waals surface area contributed by atoms with Crippen LogP contribution >= 0.6 is 0 Å². The molecule has 1 atom stereocenters. The zero-order valence-corrected chi connectivity index (χ0v) is 17.4. The van der Waals surface area contributed by atoms with E-state index in [1.165, 1.54) is 0 Å². The third kappa shape index (κ3) is 4.38. The lowest BCUT2D eigenvalue weighted by Gasteiger charge is -2.35. The quantitative estimate of drug-likeness (QED) is 0.576. The number of aliphatic hydroxyl groups is 1. The summed E-state index contributed by atoms with van der Waals surface area (Å²) in [4.78, 5) is 38.2. The van der Waals surface area contributed by atoms with Crippen LogP contribution in [0.2, 0.25) is 0 Å². The van der Waals surface area contributed by atoms with Gasteiger partial charge < -0.3 is 20.1 Å². The van der Waals surface area contributed by atoms with Crippen molar-refractivity contribution in [2.45, 2.75) is 25.8 Å². The van der Waals surface area contributed by atoms with E-state index in [2.05, 4.69) is 25.5 Å². The summed E-state index contributed by atoms with van der Waals surface area (Å²) in [5, 5.41) is 14.5. The number of aromatic nitrogens is 2. The number of aliphatic hydroxyl groups excluding tert-OH is 1. The minimum Gasteiger partial charge on any atom is -0.478 e. The minimum absolute atomic E-state index is 0.0338. The van der Waals surface area contributed by atoms with Crippen molar-refractivity contribution in [3.8, 4) is 5.88 Å². The topological polar surface area (TPSA) is 120 Å². The van der Waals surface area contributed by atoms with Gasteiger partial charge in [0.25, 0.3) is 5.91 Å². The SMILES string of the molecule is CCNC(=O)c1ccc2c(n1)N(C(=O)Nc1cccc(OCCCO)n1)C1CCN2C1. The summed E-state index contributed by atoms with van der Waals surface area (Å²) >= 11 is 0. The fourth-order valence-corrected chi connectivity index (χ4v) is 3.82. The van der Waals surface area contributed by atoms with Crippen molar-refractivity contribution in [3.63, 3.8) is 0 Å². The molecule has 3 amide bonds. The molecular weight excluding hydrogens is 400 g/mol. The molecule has 0 radical (unpaired) electrons. The van der Waals surface area contributed by atoms with Crippen LogP contribution in [0.15, 0.2) is 30.3 Å². The van der Waals surface area contributed by atoms with Crippen LogP contribution in [0.5, 0.6) is 5.88 Å². The molecule has 2 aromatic heterocycles. The van der Waals surface area contributed by atoms with Gasteiger partial charge in [0.15, 0.2) is 5.82 Å². The van der Waals surface area contributed by atoms with Gasteiger partial charge in [-0.2, -0.15) is 4.98 Å². The van der Waals surface area contributed by atoms with E-state index in [4.69, 9.17) is 9.84 Å². The summed E-state index contributed by atoms with van der Waals surface area (Å²) in [6, 6.07) is 8.26. The highest BCUT2D eigenvalue weighted by Gasteiger charge is 2.40. The second-order valence-electron chi connectivity index (χ2n) is 7.37. The Bertz CT molecular complexity index is 969. The lowest BCUT2D eigenvalue weighted by molar-refractivity contribution is 0.0951. The molecule has 10 heteroatoms. The maximum atomic E-state index is 13.2. The first-order valence-electron chi connectivity index (χ1n) is 10.5. The smallest absolute Gasteiger partial charge is 0.329 e. The number of nitrogens with one attached hydrogen (secondary N) is 2. The van der Waals surface area contributed by atoms with Crippen molar-refractivity contribution in [3.05, 3.63) is 36.0 Å². The van der Waals surface area contributed by atoms with Crippen LogP contribution in [0.1, 0.15) is 30.3 Å². The van der Waals surface area contributed by atoms with Gasteiger partial charge in [-0.1, -0.05) is 6.07 Å². The predicted molar refractivity (Wildman–Crippen MR) is 116 cm³/mol. The lowest BCUT2D eigenvalue weighted by atomic mass is 10.1. The third-order valence-corrected chi connectivity index (χ3v) is 5.25. The number of carbonyl (C=O) groups is 2. The van der Waals surface area contributed by atoms with Crippen molar-refractivity contribution in [2.24, 2.45) is 0 Å². The van der Waals surface area contributed by atoms with Crippen molar-refractivity contribution in [1.82, 2.24) is 15.3 Å². The van der Waals surface area contributed by atoms with E-state index in [1.54, 1.807) is 29.2 Å². The Morgan fingerprint density at radius 2 is 2.13 bits per heavy atom. The molecule has 0 aromatic carbocycles. The normalized spacial score (nSPS) is 16.6. The van der Waals surface area contributed by atoms with Crippen LogP contribution in [-0.2, 0) is 0 Å². The molecule has 1 fully saturated rings. The van der Waals surface area contributed by atoms with Crippen molar-refractivity contribution in [1.29, 1.82) is 0 Å². The molecule has 0 saturated carbocycles. The highest BCUT2D eigenvalue weighted by atomic mass is 16.5. The summed E-state index contributed by atoms with van der Waals surface area (Å²) < 4.78 is 5.48. The first-order valence-corrected chi connectivity index (χ1v) is 10.5. The van der Waals surface area contributed by atoms with Gasteiger partial charge in [-0.15, -0.1) is 0 Å². The molecule has 0 spiro atoms. The molecule has 3 N–H and O–H groups in total. The Labute approximate surface area is 180 Å². The number of carbonyl (C=O) groups excluding carboxylic acids is 2. The Morgan fingerprint density at radius 1 is 1.26 bits per heavy atom. The standard InChI is InChI=1S/C21H26N6O4/c1-2-22-20(29)15-7-8-16-19(23-15)27(14-9-10-26(16)13-14)21(30)25-17-5-3-6-18(24-17)31-12-4-11-28/h3,5-8,14,28H,2,4,9-13H2,1H3,(H,22,29)(H,24,25,30). The number of rotatable bonds is 7. The van der Waals surface area contributed by atoms with Gasteiger partial charge in [0.05, 0.1) is 18.3 Å². The van der Waals surface area contributed by atoms with Crippen LogP contribution < -0.4 is 25.2 Å². The fraction of sp³-hybridized carbons (Fsp3) is 0.429. The van der Waals surface area contributed by atoms with Crippen LogP contribution in [-0.4, -0.2) is 65.9 Å². The molecule has 31 heavy (non-hydrogen) atoms. The van der Waals surface area contributed by atoms with Gasteiger partial charge in [-0.25, -0.2) is 9.78 Å². The molecule has 0 aliphatic carbocycles. The number of nitrogens with zero attached hydrogens (tertiary/aromatic N) is 4. The third-order valence-electron chi connectivity index (χ3n) is 5.25. The van der Waals surface area contributed by atoms with E-state index in [9.17, 15) is 9.59 Å². The first-order chi connectivity index (χ1) is 15.1. The van der Waals surface area contributed by atoms with E-state index >= 15 is 0 Å². The molecule has 2 aromatic rings. The number of ether oxygens (including phenoxy) is 1. The number of hydrogen-bond donors (Lipinski definition) is 3. The van der Waals surface area contributed by atoms with E-state index in [-0.39, 0.29) is 30.3 Å². The second kappa shape index (κ2) is 9.17. The van der Waals surface area contributed by atoms with Gasteiger partial charge >= 0.3 is 6.03 Å². The number of fused-ring (bicyclic) bond motifs is 4. The molecule has 1 unspecified atom stereocenters. The molecule has 10 nitrogen and oxygen atoms in total. The summed E-state index contributed by atoms with van der Waals surface area (Å²) in [5.74, 6) is 0.931. The molecule has 164 valence electrons. The summed E-state index contributed by atoms with van der Waals surface area (Å²) in [7, 11) is 0. The Hall–Kier alpha value is -3.40. The monoisotopic (exact) mass is 426 g/mol. The first kappa shape index (κ1) is 20.9. The van der Waals surface area contributed by atoms with Gasteiger partial charge in [0.2, 0.25) is 5.88 Å². The van der Waals surface area contributed by atoms with Crippen LogP contribution in [0, 0.1) is 0 Å². The number of anilines is 3. The molecule has 4 heterocycles.